The lowest BCUT2D eigenvalue weighted by Gasteiger charge is -2.23. The Bertz CT molecular complexity index is 1720. The minimum atomic E-state index is -1.70. The summed E-state index contributed by atoms with van der Waals surface area (Å²) in [4.78, 5) is 95.5. The van der Waals surface area contributed by atoms with Gasteiger partial charge in [-0.3, -0.25) is 33.8 Å². The molecule has 0 bridgehead atoms. The topological polar surface area (TPSA) is 269 Å². The average Bonchev–Trinajstić information content (AvgIpc) is 3.28. The van der Waals surface area contributed by atoms with E-state index in [2.05, 4.69) is 45.1 Å². The Morgan fingerprint density at radius 1 is 0.833 bits per heavy atom. The van der Waals surface area contributed by atoms with Crippen LogP contribution in [0, 0.1) is 0 Å². The van der Waals surface area contributed by atoms with Gasteiger partial charge in [-0.05, 0) is 96.9 Å². The maximum Gasteiger partial charge on any atom is 0.347 e. The van der Waals surface area contributed by atoms with Crippen molar-refractivity contribution in [3.05, 3.63) is 84.2 Å². The molecule has 5 amide bonds. The maximum atomic E-state index is 12.2. The summed E-state index contributed by atoms with van der Waals surface area (Å²) in [6, 6.07) is 9.79. The number of carboxylic acid groups (broad SMARTS) is 2. The lowest BCUT2D eigenvalue weighted by Crippen LogP contribution is -2.41. The Balaban J connectivity index is -0.00000118. The number of rotatable bonds is 25. The van der Waals surface area contributed by atoms with Crippen LogP contribution >= 0.6 is 0 Å². The van der Waals surface area contributed by atoms with Gasteiger partial charge in [0.15, 0.2) is 0 Å². The van der Waals surface area contributed by atoms with E-state index in [1.165, 1.54) is 11.6 Å². The molecule has 1 unspecified atom stereocenters. The summed E-state index contributed by atoms with van der Waals surface area (Å²) < 4.78 is 9.98. The monoisotopic (exact) mass is 929 g/mol. The summed E-state index contributed by atoms with van der Waals surface area (Å²) >= 11 is 0. The zero-order valence-corrected chi connectivity index (χ0v) is 40.5. The Morgan fingerprint density at radius 2 is 1.45 bits per heavy atom. The van der Waals surface area contributed by atoms with Gasteiger partial charge >= 0.3 is 17.9 Å². The van der Waals surface area contributed by atoms with Crippen LogP contribution in [-0.2, 0) is 47.8 Å². The SMILES string of the molecule is C=C(C)CC.CC.CC(C)NC(=O)/C=C/c1cccnc1.COC(C)(C)C.O=CNCCCC(=O)NC(CCCCNC(=O)CCC(=O)O[C@@H](C(=O)O)[C@@H](NC=O)c1ccccc1)C(=O)O. The number of nitrogens with one attached hydrogen (secondary N) is 5. The molecule has 1 aromatic heterocycles. The van der Waals surface area contributed by atoms with Crippen LogP contribution in [0.15, 0.2) is 73.1 Å². The Morgan fingerprint density at radius 3 is 1.94 bits per heavy atom. The van der Waals surface area contributed by atoms with Gasteiger partial charge in [0, 0.05) is 57.6 Å². The second-order valence-corrected chi connectivity index (χ2v) is 15.3. The fraction of sp³-hybridized carbons (Fsp3) is 0.521. The minimum absolute atomic E-state index is 0.0417. The van der Waals surface area contributed by atoms with Crippen molar-refractivity contribution in [3.8, 4) is 0 Å². The van der Waals surface area contributed by atoms with E-state index in [9.17, 15) is 48.6 Å². The van der Waals surface area contributed by atoms with Gasteiger partial charge in [-0.2, -0.15) is 0 Å². The van der Waals surface area contributed by atoms with E-state index < -0.39 is 54.3 Å². The van der Waals surface area contributed by atoms with Gasteiger partial charge in [0.05, 0.1) is 12.0 Å². The molecule has 18 heteroatoms. The molecule has 0 aliphatic carbocycles. The normalized spacial score (nSPS) is 11.5. The van der Waals surface area contributed by atoms with E-state index in [0.29, 0.717) is 44.2 Å². The molecule has 0 aliphatic rings. The summed E-state index contributed by atoms with van der Waals surface area (Å²) in [5.74, 6) is -4.61. The third-order valence-corrected chi connectivity index (χ3v) is 8.21. The molecule has 370 valence electrons. The van der Waals surface area contributed by atoms with Gasteiger partial charge in [-0.15, -0.1) is 6.58 Å². The molecular weight excluding hydrogens is 853 g/mol. The van der Waals surface area contributed by atoms with Gasteiger partial charge in [-0.1, -0.05) is 62.7 Å². The number of aromatic nitrogens is 1. The van der Waals surface area contributed by atoms with Crippen molar-refractivity contribution in [2.45, 2.75) is 144 Å². The number of methoxy groups -OCH3 is 1. The van der Waals surface area contributed by atoms with Crippen molar-refractivity contribution in [1.82, 2.24) is 31.6 Å². The second-order valence-electron chi connectivity index (χ2n) is 15.3. The van der Waals surface area contributed by atoms with Crippen LogP contribution in [0.4, 0.5) is 0 Å². The third kappa shape index (κ3) is 38.1. The van der Waals surface area contributed by atoms with Crippen molar-refractivity contribution in [3.63, 3.8) is 0 Å². The number of carbonyl (C=O) groups excluding carboxylic acids is 6. The molecular formula is C48H76N6O12. The van der Waals surface area contributed by atoms with Crippen LogP contribution in [0.5, 0.6) is 0 Å². The number of amides is 5. The predicted molar refractivity (Wildman–Crippen MR) is 255 cm³/mol. The van der Waals surface area contributed by atoms with Gasteiger partial charge in [0.2, 0.25) is 36.6 Å². The Labute approximate surface area is 391 Å². The number of esters is 1. The molecule has 2 aromatic rings. The number of carboxylic acids is 2. The van der Waals surface area contributed by atoms with Crippen molar-refractivity contribution in [2.75, 3.05) is 20.2 Å². The molecule has 2 rings (SSSR count). The summed E-state index contributed by atoms with van der Waals surface area (Å²) in [5.41, 5.74) is 2.63. The molecule has 0 fully saturated rings. The minimum Gasteiger partial charge on any atom is -0.480 e. The molecule has 3 atom stereocenters. The number of allylic oxidation sites excluding steroid dienone is 1. The molecule has 7 N–H and O–H groups in total. The number of ether oxygens (including phenoxy) is 2. The number of hydrogen-bond donors (Lipinski definition) is 7. The van der Waals surface area contributed by atoms with E-state index in [4.69, 9.17) is 9.47 Å². The van der Waals surface area contributed by atoms with Crippen LogP contribution in [0.3, 0.4) is 0 Å². The van der Waals surface area contributed by atoms with E-state index in [1.54, 1.807) is 55.9 Å². The third-order valence-electron chi connectivity index (χ3n) is 8.21. The largest absolute Gasteiger partial charge is 0.480 e. The highest BCUT2D eigenvalue weighted by molar-refractivity contribution is 5.91. The van der Waals surface area contributed by atoms with Gasteiger partial charge in [-0.25, -0.2) is 9.59 Å². The van der Waals surface area contributed by atoms with Gasteiger partial charge < -0.3 is 46.3 Å². The standard InChI is InChI=1S/C25H34N4O10.C11H14N2O.C5H12O.C5H10.C2H6/c30-15-26-13-6-10-20(33)29-18(24(35)36)9-4-5-14-27-19(32)11-12-21(34)39-23(25(37)38)22(28-16-31)17-7-2-1-3-8-17;1-9(2)13-11(14)6-5-10-4-3-7-12-8-10;1-5(2,3)6-4;1-4-5(2)3;1-2/h1-3,7-8,15-16,18,22-23H,4-6,9-14H2,(H,26,30)(H,27,32)(H,28,31)(H,29,33)(H,35,36)(H,37,38);3-9H,1-2H3,(H,13,14);1-4H3;2,4H2,1,3H3;1-2H3/b;6-5+;;;/t18?,22-,23+;;;;/m0..../s1. The first-order valence-corrected chi connectivity index (χ1v) is 21.9. The molecule has 1 aromatic carbocycles. The van der Waals surface area contributed by atoms with Crippen molar-refractivity contribution in [2.24, 2.45) is 0 Å². The highest BCUT2D eigenvalue weighted by Crippen LogP contribution is 2.20. The van der Waals surface area contributed by atoms with Crippen molar-refractivity contribution >= 4 is 54.5 Å². The van der Waals surface area contributed by atoms with E-state index in [-0.39, 0.29) is 43.4 Å². The lowest BCUT2D eigenvalue weighted by molar-refractivity contribution is -0.166. The van der Waals surface area contributed by atoms with Crippen LogP contribution in [0.1, 0.15) is 131 Å². The second kappa shape index (κ2) is 40.1. The first-order chi connectivity index (χ1) is 31.2. The quantitative estimate of drug-likeness (QED) is 0.0208. The number of hydrogen-bond acceptors (Lipinski definition) is 11. The van der Waals surface area contributed by atoms with E-state index in [0.717, 1.165) is 12.0 Å². The Kier molecular flexibility index (Phi) is 38.8. The van der Waals surface area contributed by atoms with E-state index >= 15 is 0 Å². The molecule has 66 heavy (non-hydrogen) atoms. The smallest absolute Gasteiger partial charge is 0.347 e. The highest BCUT2D eigenvalue weighted by atomic mass is 16.6. The van der Waals surface area contributed by atoms with Crippen molar-refractivity contribution in [1.29, 1.82) is 0 Å². The average molecular weight is 929 g/mol. The number of benzene rings is 1. The first kappa shape index (κ1) is 63.9. The number of carbonyl (C=O) groups is 8. The van der Waals surface area contributed by atoms with E-state index in [1.807, 2.05) is 67.5 Å². The van der Waals surface area contributed by atoms with Crippen molar-refractivity contribution < 1.29 is 58.0 Å². The number of nitrogens with zero attached hydrogens (tertiary/aromatic N) is 1. The summed E-state index contributed by atoms with van der Waals surface area (Å²) in [7, 11) is 1.71. The highest BCUT2D eigenvalue weighted by Gasteiger charge is 2.33. The van der Waals surface area contributed by atoms with Crippen LogP contribution < -0.4 is 26.6 Å². The fourth-order valence-corrected chi connectivity index (χ4v) is 4.47. The molecule has 1 heterocycles. The number of pyridine rings is 1. The number of unbranched alkanes of at least 4 members (excludes halogenated alkanes) is 1. The maximum absolute atomic E-state index is 12.2. The molecule has 0 aliphatic heterocycles. The summed E-state index contributed by atoms with van der Waals surface area (Å²) in [5, 5.41) is 31.3. The van der Waals surface area contributed by atoms with Crippen LogP contribution in [0.2, 0.25) is 0 Å². The molecule has 0 saturated carbocycles. The van der Waals surface area contributed by atoms with Gasteiger partial charge in [0.25, 0.3) is 0 Å². The van der Waals surface area contributed by atoms with Crippen LogP contribution in [0.25, 0.3) is 6.08 Å². The predicted octanol–water partition coefficient (Wildman–Crippen LogP) is 5.68. The number of aliphatic carboxylic acids is 2. The summed E-state index contributed by atoms with van der Waals surface area (Å²) in [6.45, 7) is 22.2. The Hall–Kier alpha value is -6.43. The lowest BCUT2D eigenvalue weighted by atomic mass is 10.0. The molecule has 0 saturated heterocycles. The zero-order chi connectivity index (χ0) is 50.9. The molecule has 0 spiro atoms. The fourth-order valence-electron chi connectivity index (χ4n) is 4.47. The zero-order valence-electron chi connectivity index (χ0n) is 40.5. The summed E-state index contributed by atoms with van der Waals surface area (Å²) in [6.07, 6.45) is 7.59. The van der Waals surface area contributed by atoms with Gasteiger partial charge in [0.1, 0.15) is 12.1 Å². The van der Waals surface area contributed by atoms with Crippen LogP contribution in [-0.4, -0.2) is 108 Å². The molecule has 0 radical (unpaired) electrons. The molecule has 18 nitrogen and oxygen atoms in total. The first-order valence-electron chi connectivity index (χ1n) is 21.9.